The maximum absolute atomic E-state index is 11.0. The Hall–Kier alpha value is -3.11. The van der Waals surface area contributed by atoms with E-state index in [1.165, 1.54) is 11.6 Å². The van der Waals surface area contributed by atoms with Gasteiger partial charge in [-0.25, -0.2) is 20.8 Å². The van der Waals surface area contributed by atoms with Gasteiger partial charge in [0.1, 0.15) is 23.3 Å². The first-order valence-electron chi connectivity index (χ1n) is 9.90. The predicted octanol–water partition coefficient (Wildman–Crippen LogP) is 1.97. The van der Waals surface area contributed by atoms with Crippen molar-refractivity contribution in [3.05, 3.63) is 66.2 Å². The number of ether oxygens (including phenoxy) is 1. The predicted molar refractivity (Wildman–Crippen MR) is 111 cm³/mol. The summed E-state index contributed by atoms with van der Waals surface area (Å²) >= 11 is 0. The van der Waals surface area contributed by atoms with Crippen molar-refractivity contribution in [2.45, 2.75) is 25.0 Å². The summed E-state index contributed by atoms with van der Waals surface area (Å²) in [5.74, 6) is 6.89. The number of nitrogens with two attached hydrogens (primary N) is 1. The molecule has 30 heavy (non-hydrogen) atoms. The fourth-order valence-corrected chi connectivity index (χ4v) is 3.86. The minimum atomic E-state index is -0.958. The van der Waals surface area contributed by atoms with Crippen LogP contribution in [0.4, 0.5) is 11.5 Å². The second kappa shape index (κ2) is 7.62. The van der Waals surface area contributed by atoms with Crippen LogP contribution < -0.4 is 16.3 Å². The molecule has 4 heterocycles. The molecule has 1 fully saturated rings. The molecule has 0 radical (unpaired) electrons. The minimum Gasteiger partial charge on any atom is -0.383 e. The molecule has 0 spiro atoms. The minimum absolute atomic E-state index is 0.391. The van der Waals surface area contributed by atoms with E-state index in [4.69, 9.17) is 15.6 Å². The summed E-state index contributed by atoms with van der Waals surface area (Å²) in [6, 6.07) is 15.6. The van der Waals surface area contributed by atoms with Gasteiger partial charge in [-0.2, -0.15) is 0 Å². The SMILES string of the molecule is NN1Nc2c(-c3ccccc3)ncnc2N1Cc1cccc(C2(O)CCOCC2)n1. The first-order chi connectivity index (χ1) is 14.6. The van der Waals surface area contributed by atoms with Gasteiger partial charge >= 0.3 is 0 Å². The van der Waals surface area contributed by atoms with Crippen molar-refractivity contribution in [2.24, 2.45) is 5.84 Å². The number of pyridine rings is 1. The molecule has 9 heteroatoms. The monoisotopic (exact) mass is 405 g/mol. The highest BCUT2D eigenvalue weighted by Gasteiger charge is 2.34. The lowest BCUT2D eigenvalue weighted by molar-refractivity contribution is -0.0706. The lowest BCUT2D eigenvalue weighted by Crippen LogP contribution is -2.46. The van der Waals surface area contributed by atoms with Crippen molar-refractivity contribution < 1.29 is 9.84 Å². The number of hydrazine groups is 3. The number of nitrogens with zero attached hydrogens (tertiary/aromatic N) is 5. The van der Waals surface area contributed by atoms with Crippen LogP contribution in [0.2, 0.25) is 0 Å². The third kappa shape index (κ3) is 3.37. The average molecular weight is 405 g/mol. The lowest BCUT2D eigenvalue weighted by Gasteiger charge is -2.32. The molecule has 0 atom stereocenters. The molecule has 3 aromatic rings. The van der Waals surface area contributed by atoms with E-state index in [1.54, 1.807) is 5.01 Å². The van der Waals surface area contributed by atoms with Crippen molar-refractivity contribution in [2.75, 3.05) is 23.6 Å². The molecule has 0 amide bonds. The van der Waals surface area contributed by atoms with Gasteiger partial charge < -0.3 is 9.84 Å². The van der Waals surface area contributed by atoms with Crippen LogP contribution in [-0.2, 0) is 16.9 Å². The van der Waals surface area contributed by atoms with E-state index >= 15 is 0 Å². The molecule has 2 aliphatic rings. The number of hydrogen-bond donors (Lipinski definition) is 3. The van der Waals surface area contributed by atoms with Crippen LogP contribution in [0.15, 0.2) is 54.9 Å². The standard InChI is InChI=1S/C21H23N7O2/c22-28-26-19-18(15-5-2-1-3-6-15)23-14-24-20(19)27(28)13-16-7-4-8-17(25-16)21(29)9-11-30-12-10-21/h1-8,14,26,29H,9-13,22H2. The maximum atomic E-state index is 11.0. The van der Waals surface area contributed by atoms with E-state index in [9.17, 15) is 5.11 Å². The molecule has 0 unspecified atom stereocenters. The molecule has 0 saturated carbocycles. The number of nitrogens with one attached hydrogen (secondary N) is 1. The molecule has 1 aromatic carbocycles. The van der Waals surface area contributed by atoms with Gasteiger partial charge in [-0.3, -0.25) is 10.4 Å². The number of anilines is 2. The van der Waals surface area contributed by atoms with Crippen molar-refractivity contribution in [1.82, 2.24) is 20.2 Å². The van der Waals surface area contributed by atoms with Crippen molar-refractivity contribution in [3.63, 3.8) is 0 Å². The first-order valence-corrected chi connectivity index (χ1v) is 9.90. The third-order valence-electron chi connectivity index (χ3n) is 5.52. The van der Waals surface area contributed by atoms with Crippen LogP contribution in [0.25, 0.3) is 11.3 Å². The molecule has 5 rings (SSSR count). The Labute approximate surface area is 174 Å². The Bertz CT molecular complexity index is 1040. The topological polar surface area (TPSA) is 113 Å². The molecule has 9 nitrogen and oxygen atoms in total. The smallest absolute Gasteiger partial charge is 0.174 e. The Balaban J connectivity index is 1.44. The van der Waals surface area contributed by atoms with Gasteiger partial charge in [0.15, 0.2) is 5.82 Å². The number of benzene rings is 1. The van der Waals surface area contributed by atoms with E-state index < -0.39 is 5.60 Å². The van der Waals surface area contributed by atoms with Crippen molar-refractivity contribution in [3.8, 4) is 11.3 Å². The van der Waals surface area contributed by atoms with Gasteiger partial charge in [-0.1, -0.05) is 41.6 Å². The van der Waals surface area contributed by atoms with Crippen molar-refractivity contribution in [1.29, 1.82) is 0 Å². The van der Waals surface area contributed by atoms with E-state index in [-0.39, 0.29) is 0 Å². The Morgan fingerprint density at radius 1 is 1.07 bits per heavy atom. The highest BCUT2D eigenvalue weighted by molar-refractivity contribution is 5.84. The number of rotatable bonds is 4. The van der Waals surface area contributed by atoms with Gasteiger partial charge in [0.05, 0.1) is 17.9 Å². The third-order valence-corrected chi connectivity index (χ3v) is 5.52. The zero-order chi connectivity index (χ0) is 20.6. The van der Waals surface area contributed by atoms with Crippen LogP contribution >= 0.6 is 0 Å². The van der Waals surface area contributed by atoms with Gasteiger partial charge in [0, 0.05) is 31.6 Å². The summed E-state index contributed by atoms with van der Waals surface area (Å²) in [7, 11) is 0. The van der Waals surface area contributed by atoms with E-state index in [1.807, 2.05) is 48.5 Å². The summed E-state index contributed by atoms with van der Waals surface area (Å²) in [6.45, 7) is 1.45. The zero-order valence-corrected chi connectivity index (χ0v) is 16.4. The zero-order valence-electron chi connectivity index (χ0n) is 16.4. The Kier molecular flexibility index (Phi) is 4.80. The number of hydrogen-bond acceptors (Lipinski definition) is 9. The number of aromatic nitrogens is 3. The van der Waals surface area contributed by atoms with E-state index in [0.29, 0.717) is 44.1 Å². The first kappa shape index (κ1) is 18.9. The summed E-state index contributed by atoms with van der Waals surface area (Å²) in [6.07, 6.45) is 2.60. The molecule has 0 aliphatic carbocycles. The fourth-order valence-electron chi connectivity index (χ4n) is 3.86. The molecular weight excluding hydrogens is 382 g/mol. The highest BCUT2D eigenvalue weighted by Crippen LogP contribution is 2.38. The molecule has 2 aromatic heterocycles. The number of fused-ring (bicyclic) bond motifs is 1. The highest BCUT2D eigenvalue weighted by atomic mass is 16.5. The quantitative estimate of drug-likeness (QED) is 0.561. The van der Waals surface area contributed by atoms with Crippen LogP contribution in [0.3, 0.4) is 0 Å². The molecule has 4 N–H and O–H groups in total. The second-order valence-corrected chi connectivity index (χ2v) is 7.46. The van der Waals surface area contributed by atoms with Crippen LogP contribution in [0.5, 0.6) is 0 Å². The Morgan fingerprint density at radius 2 is 1.87 bits per heavy atom. The summed E-state index contributed by atoms with van der Waals surface area (Å²) in [5.41, 5.74) is 6.10. The van der Waals surface area contributed by atoms with Crippen molar-refractivity contribution >= 4 is 11.5 Å². The van der Waals surface area contributed by atoms with Crippen LogP contribution in [0.1, 0.15) is 24.2 Å². The second-order valence-electron chi connectivity index (χ2n) is 7.46. The summed E-state index contributed by atoms with van der Waals surface area (Å²) in [4.78, 5) is 13.6. The van der Waals surface area contributed by atoms with Crippen LogP contribution in [-0.4, -0.2) is 38.5 Å². The largest absolute Gasteiger partial charge is 0.383 e. The van der Waals surface area contributed by atoms with Gasteiger partial charge in [0.25, 0.3) is 0 Å². The molecular formula is C21H23N7O2. The fraction of sp³-hybridized carbons (Fsp3) is 0.286. The molecule has 0 bridgehead atoms. The van der Waals surface area contributed by atoms with Gasteiger partial charge in [-0.05, 0) is 12.1 Å². The van der Waals surface area contributed by atoms with Gasteiger partial charge in [0.2, 0.25) is 0 Å². The summed E-state index contributed by atoms with van der Waals surface area (Å²) in [5, 5.41) is 14.2. The summed E-state index contributed by atoms with van der Waals surface area (Å²) < 4.78 is 5.38. The Morgan fingerprint density at radius 3 is 2.67 bits per heavy atom. The normalized spacial score (nSPS) is 18.1. The molecule has 1 saturated heterocycles. The molecule has 154 valence electrons. The molecule has 2 aliphatic heterocycles. The maximum Gasteiger partial charge on any atom is 0.174 e. The van der Waals surface area contributed by atoms with E-state index in [0.717, 1.165) is 22.6 Å². The van der Waals surface area contributed by atoms with E-state index in [2.05, 4.69) is 15.4 Å². The van der Waals surface area contributed by atoms with Gasteiger partial charge in [-0.15, -0.1) is 0 Å². The number of aliphatic hydroxyl groups is 1. The lowest BCUT2D eigenvalue weighted by atomic mass is 9.90. The van der Waals surface area contributed by atoms with Crippen LogP contribution in [0, 0.1) is 0 Å². The average Bonchev–Trinajstić information content (AvgIpc) is 3.10.